The van der Waals surface area contributed by atoms with Crippen molar-refractivity contribution in [2.24, 2.45) is 0 Å². The summed E-state index contributed by atoms with van der Waals surface area (Å²) in [4.78, 5) is 2.27. The van der Waals surface area contributed by atoms with E-state index in [1.165, 1.54) is 12.1 Å². The first-order valence-corrected chi connectivity index (χ1v) is 6.30. The monoisotopic (exact) mass is 257 g/mol. The van der Waals surface area contributed by atoms with E-state index in [9.17, 15) is 13.2 Å². The summed E-state index contributed by atoms with van der Waals surface area (Å²) < 4.78 is 37.9. The zero-order valence-corrected chi connectivity index (χ0v) is 10.7. The van der Waals surface area contributed by atoms with Crippen LogP contribution < -0.4 is 0 Å². The normalized spacial score (nSPS) is 25.6. The molecule has 2 rings (SSSR count). The number of hydrogen-bond acceptors (Lipinski definition) is 1. The Morgan fingerprint density at radius 1 is 1.17 bits per heavy atom. The van der Waals surface area contributed by atoms with Crippen LogP contribution in [0.25, 0.3) is 0 Å². The van der Waals surface area contributed by atoms with Crippen LogP contribution in [-0.4, -0.2) is 17.0 Å². The Morgan fingerprint density at radius 2 is 1.78 bits per heavy atom. The molecule has 1 nitrogen and oxygen atoms in total. The Morgan fingerprint density at radius 3 is 2.33 bits per heavy atom. The van der Waals surface area contributed by atoms with Crippen LogP contribution >= 0.6 is 0 Å². The number of nitrogens with zero attached hydrogens (tertiary/aromatic N) is 1. The average Bonchev–Trinajstić information content (AvgIpc) is 2.60. The van der Waals surface area contributed by atoms with Crippen molar-refractivity contribution in [3.8, 4) is 0 Å². The maximum Gasteiger partial charge on any atom is 0.416 e. The van der Waals surface area contributed by atoms with Crippen molar-refractivity contribution in [1.82, 2.24) is 4.90 Å². The van der Waals surface area contributed by atoms with Gasteiger partial charge in [-0.3, -0.25) is 4.90 Å². The van der Waals surface area contributed by atoms with Gasteiger partial charge in [-0.05, 0) is 38.3 Å². The fraction of sp³-hybridized carbons (Fsp3) is 0.571. The van der Waals surface area contributed by atoms with E-state index in [1.807, 2.05) is 0 Å². The molecule has 18 heavy (non-hydrogen) atoms. The molecule has 0 spiro atoms. The second kappa shape index (κ2) is 4.92. The van der Waals surface area contributed by atoms with Gasteiger partial charge in [0.05, 0.1) is 5.56 Å². The lowest BCUT2D eigenvalue weighted by Gasteiger charge is -2.26. The van der Waals surface area contributed by atoms with E-state index in [0.29, 0.717) is 18.6 Å². The van der Waals surface area contributed by atoms with Gasteiger partial charge in [-0.25, -0.2) is 0 Å². The molecule has 1 fully saturated rings. The van der Waals surface area contributed by atoms with Gasteiger partial charge in [-0.15, -0.1) is 0 Å². The van der Waals surface area contributed by atoms with Gasteiger partial charge in [0.15, 0.2) is 0 Å². The fourth-order valence-electron chi connectivity index (χ4n) is 2.62. The molecule has 1 aliphatic heterocycles. The zero-order valence-electron chi connectivity index (χ0n) is 10.7. The second-order valence-corrected chi connectivity index (χ2v) is 5.15. The molecule has 0 amide bonds. The number of rotatable bonds is 2. The van der Waals surface area contributed by atoms with Gasteiger partial charge < -0.3 is 0 Å². The Kier molecular flexibility index (Phi) is 3.66. The van der Waals surface area contributed by atoms with E-state index in [1.54, 1.807) is 6.07 Å². The number of alkyl halides is 3. The van der Waals surface area contributed by atoms with E-state index in [4.69, 9.17) is 0 Å². The molecule has 1 saturated heterocycles. The largest absolute Gasteiger partial charge is 0.416 e. The molecule has 1 aromatic rings. The number of halogens is 3. The van der Waals surface area contributed by atoms with E-state index in [0.717, 1.165) is 24.5 Å². The van der Waals surface area contributed by atoms with Crippen molar-refractivity contribution < 1.29 is 13.2 Å². The number of hydrogen-bond donors (Lipinski definition) is 0. The van der Waals surface area contributed by atoms with Crippen molar-refractivity contribution in [3.05, 3.63) is 35.4 Å². The highest BCUT2D eigenvalue weighted by molar-refractivity contribution is 5.25. The van der Waals surface area contributed by atoms with Gasteiger partial charge in [-0.2, -0.15) is 13.2 Å². The molecule has 0 saturated carbocycles. The van der Waals surface area contributed by atoms with E-state index in [2.05, 4.69) is 18.7 Å². The molecule has 0 bridgehead atoms. The molecule has 0 aliphatic carbocycles. The Bertz CT molecular complexity index is 404. The van der Waals surface area contributed by atoms with Crippen LogP contribution in [0.2, 0.25) is 0 Å². The predicted molar refractivity (Wildman–Crippen MR) is 65.1 cm³/mol. The number of benzene rings is 1. The topological polar surface area (TPSA) is 3.24 Å². The summed E-state index contributed by atoms with van der Waals surface area (Å²) in [6.07, 6.45) is -2.00. The minimum atomic E-state index is -4.25. The summed E-state index contributed by atoms with van der Waals surface area (Å²) in [7, 11) is 0. The van der Waals surface area contributed by atoms with Crippen molar-refractivity contribution in [1.29, 1.82) is 0 Å². The van der Waals surface area contributed by atoms with E-state index < -0.39 is 11.7 Å². The summed E-state index contributed by atoms with van der Waals surface area (Å²) in [6, 6.07) is 6.55. The molecule has 0 N–H and O–H groups in total. The van der Waals surface area contributed by atoms with Crippen LogP contribution in [0.3, 0.4) is 0 Å². The van der Waals surface area contributed by atoms with Gasteiger partial charge in [-0.1, -0.05) is 18.2 Å². The van der Waals surface area contributed by atoms with Crippen molar-refractivity contribution >= 4 is 0 Å². The maximum absolute atomic E-state index is 12.6. The minimum absolute atomic E-state index is 0.453. The third-order valence-corrected chi connectivity index (χ3v) is 3.75. The highest BCUT2D eigenvalue weighted by atomic mass is 19.4. The van der Waals surface area contributed by atoms with Gasteiger partial charge in [0.1, 0.15) is 0 Å². The molecule has 0 aromatic heterocycles. The molecule has 1 aliphatic rings. The lowest BCUT2D eigenvalue weighted by Crippen LogP contribution is -2.32. The molecule has 0 radical (unpaired) electrons. The zero-order chi connectivity index (χ0) is 13.3. The van der Waals surface area contributed by atoms with Crippen molar-refractivity contribution in [3.63, 3.8) is 0 Å². The first-order chi connectivity index (χ1) is 8.38. The fourth-order valence-corrected chi connectivity index (χ4v) is 2.62. The molecule has 2 unspecified atom stereocenters. The van der Waals surface area contributed by atoms with Crippen LogP contribution in [0.5, 0.6) is 0 Å². The SMILES string of the molecule is CC1CCC(C)N1Cc1cccc(C(F)(F)F)c1. The van der Waals surface area contributed by atoms with Gasteiger partial charge in [0.25, 0.3) is 0 Å². The highest BCUT2D eigenvalue weighted by Gasteiger charge is 2.31. The average molecular weight is 257 g/mol. The lowest BCUT2D eigenvalue weighted by atomic mass is 10.1. The molecule has 1 heterocycles. The predicted octanol–water partition coefficient (Wildman–Crippen LogP) is 4.08. The summed E-state index contributed by atoms with van der Waals surface area (Å²) in [5.41, 5.74) is 0.185. The third kappa shape index (κ3) is 2.86. The molecule has 4 heteroatoms. The summed E-state index contributed by atoms with van der Waals surface area (Å²) >= 11 is 0. The van der Waals surface area contributed by atoms with Crippen LogP contribution in [-0.2, 0) is 12.7 Å². The van der Waals surface area contributed by atoms with Gasteiger partial charge in [0.2, 0.25) is 0 Å². The molecule has 100 valence electrons. The maximum atomic E-state index is 12.6. The summed E-state index contributed by atoms with van der Waals surface area (Å²) in [5.74, 6) is 0. The smallest absolute Gasteiger partial charge is 0.294 e. The molecular weight excluding hydrogens is 239 g/mol. The first-order valence-electron chi connectivity index (χ1n) is 6.30. The van der Waals surface area contributed by atoms with E-state index >= 15 is 0 Å². The summed E-state index contributed by atoms with van der Waals surface area (Å²) in [5, 5.41) is 0. The van der Waals surface area contributed by atoms with Crippen molar-refractivity contribution in [2.75, 3.05) is 0 Å². The molecular formula is C14H18F3N. The quantitative estimate of drug-likeness (QED) is 0.771. The standard InChI is InChI=1S/C14H18F3N/c1-10-6-7-11(2)18(10)9-12-4-3-5-13(8-12)14(15,16)17/h3-5,8,10-11H,6-7,9H2,1-2H3. The Balaban J connectivity index is 2.15. The van der Waals surface area contributed by atoms with Crippen LogP contribution in [0, 0.1) is 0 Å². The van der Waals surface area contributed by atoms with E-state index in [-0.39, 0.29) is 0 Å². The second-order valence-electron chi connectivity index (χ2n) is 5.15. The van der Waals surface area contributed by atoms with Crippen molar-refractivity contribution in [2.45, 2.75) is 51.5 Å². The van der Waals surface area contributed by atoms with Gasteiger partial charge >= 0.3 is 6.18 Å². The Labute approximate surface area is 106 Å². The number of likely N-dealkylation sites (tertiary alicyclic amines) is 1. The molecule has 1 aromatic carbocycles. The van der Waals surface area contributed by atoms with Crippen LogP contribution in [0.15, 0.2) is 24.3 Å². The van der Waals surface area contributed by atoms with Crippen LogP contribution in [0.1, 0.15) is 37.8 Å². The highest BCUT2D eigenvalue weighted by Crippen LogP contribution is 2.31. The summed E-state index contributed by atoms with van der Waals surface area (Å²) in [6.45, 7) is 4.88. The minimum Gasteiger partial charge on any atom is -0.294 e. The van der Waals surface area contributed by atoms with Gasteiger partial charge in [0, 0.05) is 18.6 Å². The molecule has 2 atom stereocenters. The third-order valence-electron chi connectivity index (χ3n) is 3.75. The first kappa shape index (κ1) is 13.4. The Hall–Kier alpha value is -1.03. The lowest BCUT2D eigenvalue weighted by molar-refractivity contribution is -0.137. The van der Waals surface area contributed by atoms with Crippen LogP contribution in [0.4, 0.5) is 13.2 Å².